The Kier molecular flexibility index (Phi) is 8.16. The summed E-state index contributed by atoms with van der Waals surface area (Å²) >= 11 is 0. The number of aliphatic imine (C=N–C) groups is 1. The maximum atomic E-state index is 4.37. The van der Waals surface area contributed by atoms with E-state index in [1.807, 2.05) is 7.05 Å². The molecule has 0 saturated carbocycles. The SMILES string of the molecule is CN=C(NCc1ccccc1CN(C)C)NC(C)CCc1ccccc1. The molecule has 0 aliphatic rings. The van der Waals surface area contributed by atoms with Crippen LogP contribution in [0.1, 0.15) is 30.0 Å². The van der Waals surface area contributed by atoms with E-state index < -0.39 is 0 Å². The molecule has 0 aliphatic heterocycles. The quantitative estimate of drug-likeness (QED) is 0.565. The molecule has 1 unspecified atom stereocenters. The summed E-state index contributed by atoms with van der Waals surface area (Å²) in [5.41, 5.74) is 4.03. The van der Waals surface area contributed by atoms with E-state index in [9.17, 15) is 0 Å². The standard InChI is InChI=1S/C22H32N4/c1-18(14-15-19-10-6-5-7-11-19)25-22(23-2)24-16-20-12-8-9-13-21(20)17-26(3)4/h5-13,18H,14-17H2,1-4H3,(H2,23,24,25). The number of rotatable bonds is 8. The van der Waals surface area contributed by atoms with Crippen LogP contribution in [0.2, 0.25) is 0 Å². The zero-order valence-electron chi connectivity index (χ0n) is 16.5. The average Bonchev–Trinajstić information content (AvgIpc) is 2.65. The summed E-state index contributed by atoms with van der Waals surface area (Å²) in [4.78, 5) is 6.56. The van der Waals surface area contributed by atoms with Crippen molar-refractivity contribution < 1.29 is 0 Å². The number of nitrogens with zero attached hydrogens (tertiary/aromatic N) is 2. The van der Waals surface area contributed by atoms with Gasteiger partial charge in [-0.05, 0) is 50.6 Å². The van der Waals surface area contributed by atoms with Crippen molar-refractivity contribution in [3.63, 3.8) is 0 Å². The number of benzene rings is 2. The molecule has 4 heteroatoms. The van der Waals surface area contributed by atoms with Gasteiger partial charge in [-0.1, -0.05) is 54.6 Å². The maximum Gasteiger partial charge on any atom is 0.191 e. The van der Waals surface area contributed by atoms with Crippen molar-refractivity contribution in [1.82, 2.24) is 15.5 Å². The summed E-state index contributed by atoms with van der Waals surface area (Å²) in [5.74, 6) is 0.852. The molecule has 0 heterocycles. The van der Waals surface area contributed by atoms with E-state index in [1.165, 1.54) is 16.7 Å². The molecule has 2 N–H and O–H groups in total. The maximum absolute atomic E-state index is 4.37. The number of hydrogen-bond donors (Lipinski definition) is 2. The summed E-state index contributed by atoms with van der Waals surface area (Å²) in [7, 11) is 6.02. The highest BCUT2D eigenvalue weighted by atomic mass is 15.2. The van der Waals surface area contributed by atoms with Gasteiger partial charge >= 0.3 is 0 Å². The largest absolute Gasteiger partial charge is 0.354 e. The predicted octanol–water partition coefficient (Wildman–Crippen LogP) is 3.43. The molecule has 0 radical (unpaired) electrons. The van der Waals surface area contributed by atoms with Crippen LogP contribution in [0.15, 0.2) is 59.6 Å². The van der Waals surface area contributed by atoms with Gasteiger partial charge in [-0.3, -0.25) is 4.99 Å². The molecule has 4 nitrogen and oxygen atoms in total. The fourth-order valence-corrected chi connectivity index (χ4v) is 2.93. The average molecular weight is 353 g/mol. The molecule has 0 aliphatic carbocycles. The van der Waals surface area contributed by atoms with Crippen LogP contribution in [-0.2, 0) is 19.5 Å². The first kappa shape index (κ1) is 20.0. The third-order valence-corrected chi connectivity index (χ3v) is 4.37. The predicted molar refractivity (Wildman–Crippen MR) is 111 cm³/mol. The highest BCUT2D eigenvalue weighted by Gasteiger charge is 2.07. The molecule has 2 rings (SSSR count). The second-order valence-corrected chi connectivity index (χ2v) is 7.00. The normalized spacial score (nSPS) is 12.9. The van der Waals surface area contributed by atoms with Gasteiger partial charge in [0.25, 0.3) is 0 Å². The molecule has 140 valence electrons. The number of aryl methyl sites for hydroxylation is 1. The van der Waals surface area contributed by atoms with Gasteiger partial charge in [0, 0.05) is 26.2 Å². The summed E-state index contributed by atoms with van der Waals surface area (Å²) in [6.45, 7) is 3.92. The lowest BCUT2D eigenvalue weighted by Gasteiger charge is -2.19. The fraction of sp³-hybridized carbons (Fsp3) is 0.409. The van der Waals surface area contributed by atoms with Crippen LogP contribution in [0.25, 0.3) is 0 Å². The molecule has 0 fully saturated rings. The van der Waals surface area contributed by atoms with E-state index >= 15 is 0 Å². The monoisotopic (exact) mass is 352 g/mol. The number of nitrogens with one attached hydrogen (secondary N) is 2. The highest BCUT2D eigenvalue weighted by molar-refractivity contribution is 5.79. The van der Waals surface area contributed by atoms with Gasteiger partial charge in [0.1, 0.15) is 0 Å². The minimum Gasteiger partial charge on any atom is -0.354 e. The molecule has 0 saturated heterocycles. The Morgan fingerprint density at radius 2 is 1.65 bits per heavy atom. The second kappa shape index (κ2) is 10.6. The second-order valence-electron chi connectivity index (χ2n) is 7.00. The van der Waals surface area contributed by atoms with Gasteiger partial charge in [0.15, 0.2) is 5.96 Å². The van der Waals surface area contributed by atoms with Gasteiger partial charge in [0.2, 0.25) is 0 Å². The Balaban J connectivity index is 1.84. The van der Waals surface area contributed by atoms with Crippen molar-refractivity contribution in [1.29, 1.82) is 0 Å². The lowest BCUT2D eigenvalue weighted by Crippen LogP contribution is -2.42. The molecular weight excluding hydrogens is 320 g/mol. The van der Waals surface area contributed by atoms with Crippen molar-refractivity contribution in [2.45, 2.75) is 38.9 Å². The Morgan fingerprint density at radius 3 is 2.31 bits per heavy atom. The van der Waals surface area contributed by atoms with E-state index in [1.54, 1.807) is 0 Å². The molecule has 2 aromatic rings. The molecule has 0 aromatic heterocycles. The molecule has 2 aromatic carbocycles. The van der Waals surface area contributed by atoms with Crippen LogP contribution < -0.4 is 10.6 Å². The van der Waals surface area contributed by atoms with E-state index in [0.29, 0.717) is 6.04 Å². The van der Waals surface area contributed by atoms with Crippen LogP contribution in [0.3, 0.4) is 0 Å². The molecule has 0 spiro atoms. The Bertz CT molecular complexity index is 680. The van der Waals surface area contributed by atoms with Gasteiger partial charge < -0.3 is 15.5 Å². The van der Waals surface area contributed by atoms with Crippen LogP contribution in [0, 0.1) is 0 Å². The lowest BCUT2D eigenvalue weighted by atomic mass is 10.1. The van der Waals surface area contributed by atoms with E-state index in [4.69, 9.17) is 0 Å². The number of guanidine groups is 1. The molecule has 26 heavy (non-hydrogen) atoms. The Labute approximate surface area is 158 Å². The van der Waals surface area contributed by atoms with Gasteiger partial charge in [-0.15, -0.1) is 0 Å². The summed E-state index contributed by atoms with van der Waals surface area (Å²) in [5, 5.41) is 6.94. The topological polar surface area (TPSA) is 39.7 Å². The van der Waals surface area contributed by atoms with Crippen molar-refractivity contribution >= 4 is 5.96 Å². The van der Waals surface area contributed by atoms with E-state index in [2.05, 4.69) is 96.1 Å². The zero-order chi connectivity index (χ0) is 18.8. The number of hydrogen-bond acceptors (Lipinski definition) is 2. The zero-order valence-corrected chi connectivity index (χ0v) is 16.5. The van der Waals surface area contributed by atoms with Gasteiger partial charge in [-0.2, -0.15) is 0 Å². The van der Waals surface area contributed by atoms with Crippen LogP contribution >= 0.6 is 0 Å². The summed E-state index contributed by atoms with van der Waals surface area (Å²) in [6.07, 6.45) is 2.14. The summed E-state index contributed by atoms with van der Waals surface area (Å²) < 4.78 is 0. The molecule has 0 amide bonds. The molecular formula is C22H32N4. The smallest absolute Gasteiger partial charge is 0.191 e. The third-order valence-electron chi connectivity index (χ3n) is 4.37. The van der Waals surface area contributed by atoms with Crippen LogP contribution in [-0.4, -0.2) is 38.0 Å². The van der Waals surface area contributed by atoms with E-state index in [-0.39, 0.29) is 0 Å². The van der Waals surface area contributed by atoms with Crippen LogP contribution in [0.5, 0.6) is 0 Å². The molecule has 1 atom stereocenters. The van der Waals surface area contributed by atoms with E-state index in [0.717, 1.165) is 31.9 Å². The molecule has 0 bridgehead atoms. The van der Waals surface area contributed by atoms with Crippen molar-refractivity contribution in [3.05, 3.63) is 71.3 Å². The summed E-state index contributed by atoms with van der Waals surface area (Å²) in [6, 6.07) is 19.5. The van der Waals surface area contributed by atoms with Crippen molar-refractivity contribution in [3.8, 4) is 0 Å². The fourth-order valence-electron chi connectivity index (χ4n) is 2.93. The van der Waals surface area contributed by atoms with Crippen molar-refractivity contribution in [2.75, 3.05) is 21.1 Å². The first-order valence-electron chi connectivity index (χ1n) is 9.31. The first-order chi connectivity index (χ1) is 12.6. The minimum atomic E-state index is 0.360. The first-order valence-corrected chi connectivity index (χ1v) is 9.31. The Hall–Kier alpha value is -2.33. The minimum absolute atomic E-state index is 0.360. The lowest BCUT2D eigenvalue weighted by molar-refractivity contribution is 0.400. The van der Waals surface area contributed by atoms with Crippen LogP contribution in [0.4, 0.5) is 0 Å². The van der Waals surface area contributed by atoms with Crippen molar-refractivity contribution in [2.24, 2.45) is 4.99 Å². The highest BCUT2D eigenvalue weighted by Crippen LogP contribution is 2.10. The third kappa shape index (κ3) is 6.89. The van der Waals surface area contributed by atoms with Gasteiger partial charge in [-0.25, -0.2) is 0 Å². The van der Waals surface area contributed by atoms with Gasteiger partial charge in [0.05, 0.1) is 0 Å². The Morgan fingerprint density at radius 1 is 1.00 bits per heavy atom.